The Morgan fingerprint density at radius 1 is 1.47 bits per heavy atom. The van der Waals surface area contributed by atoms with Crippen LogP contribution in [0.4, 0.5) is 11.8 Å². The van der Waals surface area contributed by atoms with Crippen molar-refractivity contribution >= 4 is 11.8 Å². The van der Waals surface area contributed by atoms with Gasteiger partial charge in [0.15, 0.2) is 0 Å². The summed E-state index contributed by atoms with van der Waals surface area (Å²) in [6.07, 6.45) is 7.17. The first-order chi connectivity index (χ1) is 7.25. The fourth-order valence-corrected chi connectivity index (χ4v) is 2.25. The molecule has 1 aliphatic carbocycles. The van der Waals surface area contributed by atoms with Gasteiger partial charge in [-0.3, -0.25) is 0 Å². The van der Waals surface area contributed by atoms with Gasteiger partial charge >= 0.3 is 0 Å². The van der Waals surface area contributed by atoms with Crippen molar-refractivity contribution in [1.29, 1.82) is 0 Å². The third-order valence-corrected chi connectivity index (χ3v) is 3.06. The molecule has 1 aliphatic rings. The molecule has 4 nitrogen and oxygen atoms in total. The third kappa shape index (κ3) is 2.58. The smallest absolute Gasteiger partial charge is 0.221 e. The largest absolute Gasteiger partial charge is 0.368 e. The Kier molecular flexibility index (Phi) is 3.04. The maximum absolute atomic E-state index is 5.56. The number of nitrogens with two attached hydrogens (primary N) is 1. The molecule has 82 valence electrons. The number of nitrogen functional groups attached to an aromatic ring is 1. The minimum Gasteiger partial charge on any atom is -0.368 e. The van der Waals surface area contributed by atoms with Gasteiger partial charge in [0.25, 0.3) is 0 Å². The van der Waals surface area contributed by atoms with Crippen LogP contribution < -0.4 is 10.6 Å². The van der Waals surface area contributed by atoms with Gasteiger partial charge in [0, 0.05) is 19.8 Å². The van der Waals surface area contributed by atoms with Gasteiger partial charge in [0.2, 0.25) is 5.95 Å². The Hall–Kier alpha value is -1.32. The lowest BCUT2D eigenvalue weighted by Crippen LogP contribution is -2.25. The highest BCUT2D eigenvalue weighted by molar-refractivity contribution is 5.39. The number of aromatic nitrogens is 2. The van der Waals surface area contributed by atoms with Crippen molar-refractivity contribution in [3.8, 4) is 0 Å². The Balaban J connectivity index is 1.97. The zero-order chi connectivity index (χ0) is 10.7. The highest BCUT2D eigenvalue weighted by Gasteiger charge is 2.17. The van der Waals surface area contributed by atoms with Gasteiger partial charge in [-0.05, 0) is 24.8 Å². The highest BCUT2D eigenvalue weighted by atomic mass is 15.2. The van der Waals surface area contributed by atoms with Gasteiger partial charge in [-0.1, -0.05) is 12.8 Å². The molecule has 2 rings (SSSR count). The molecule has 0 bridgehead atoms. The van der Waals surface area contributed by atoms with Crippen molar-refractivity contribution in [3.05, 3.63) is 12.3 Å². The first kappa shape index (κ1) is 10.2. The van der Waals surface area contributed by atoms with E-state index in [1.165, 1.54) is 25.7 Å². The van der Waals surface area contributed by atoms with Crippen molar-refractivity contribution in [1.82, 2.24) is 9.97 Å². The summed E-state index contributed by atoms with van der Waals surface area (Å²) < 4.78 is 0. The molecule has 1 aromatic rings. The minimum atomic E-state index is 0.353. The molecule has 0 amide bonds. The predicted octanol–water partition coefficient (Wildman–Crippen LogP) is 1.69. The van der Waals surface area contributed by atoms with Crippen LogP contribution in [0, 0.1) is 5.92 Å². The Morgan fingerprint density at radius 3 is 2.87 bits per heavy atom. The van der Waals surface area contributed by atoms with Crippen LogP contribution in [0.15, 0.2) is 12.3 Å². The summed E-state index contributed by atoms with van der Waals surface area (Å²) in [6.45, 7) is 1.08. The molecule has 1 saturated carbocycles. The van der Waals surface area contributed by atoms with E-state index in [1.807, 2.05) is 6.07 Å². The summed E-state index contributed by atoms with van der Waals surface area (Å²) in [5.74, 6) is 2.10. The topological polar surface area (TPSA) is 55.0 Å². The van der Waals surface area contributed by atoms with Crippen molar-refractivity contribution in [3.63, 3.8) is 0 Å². The number of rotatable bonds is 3. The first-order valence-corrected chi connectivity index (χ1v) is 5.55. The van der Waals surface area contributed by atoms with Gasteiger partial charge in [0.1, 0.15) is 5.82 Å². The van der Waals surface area contributed by atoms with Crippen molar-refractivity contribution in [2.75, 3.05) is 24.2 Å². The average Bonchev–Trinajstić information content (AvgIpc) is 2.70. The third-order valence-electron chi connectivity index (χ3n) is 3.06. The maximum atomic E-state index is 5.56. The summed E-state index contributed by atoms with van der Waals surface area (Å²) in [6, 6.07) is 1.91. The molecule has 0 unspecified atom stereocenters. The van der Waals surface area contributed by atoms with Gasteiger partial charge in [-0.15, -0.1) is 0 Å². The molecule has 1 heterocycles. The summed E-state index contributed by atoms with van der Waals surface area (Å²) in [5.41, 5.74) is 5.56. The van der Waals surface area contributed by atoms with Crippen LogP contribution in [0.1, 0.15) is 25.7 Å². The molecule has 1 fully saturated rings. The normalized spacial score (nSPS) is 16.9. The highest BCUT2D eigenvalue weighted by Crippen LogP contribution is 2.26. The van der Waals surface area contributed by atoms with Gasteiger partial charge in [-0.25, -0.2) is 4.98 Å². The molecule has 0 saturated heterocycles. The van der Waals surface area contributed by atoms with E-state index in [-0.39, 0.29) is 0 Å². The lowest BCUT2D eigenvalue weighted by molar-refractivity contribution is 0.545. The zero-order valence-corrected chi connectivity index (χ0v) is 9.19. The molecule has 0 aliphatic heterocycles. The number of hydrogen-bond donors (Lipinski definition) is 1. The molecule has 15 heavy (non-hydrogen) atoms. The van der Waals surface area contributed by atoms with E-state index in [9.17, 15) is 0 Å². The second kappa shape index (κ2) is 4.47. The van der Waals surface area contributed by atoms with Gasteiger partial charge < -0.3 is 10.6 Å². The first-order valence-electron chi connectivity index (χ1n) is 5.55. The lowest BCUT2D eigenvalue weighted by atomic mass is 10.1. The van der Waals surface area contributed by atoms with E-state index in [0.717, 1.165) is 18.3 Å². The SMILES string of the molecule is CN(CC1CCCC1)c1ccnc(N)n1. The molecule has 0 radical (unpaired) electrons. The molecule has 0 atom stereocenters. The van der Waals surface area contributed by atoms with Crippen LogP contribution in [0.25, 0.3) is 0 Å². The van der Waals surface area contributed by atoms with E-state index >= 15 is 0 Å². The van der Waals surface area contributed by atoms with Crippen LogP contribution in [0.5, 0.6) is 0 Å². The fourth-order valence-electron chi connectivity index (χ4n) is 2.25. The summed E-state index contributed by atoms with van der Waals surface area (Å²) >= 11 is 0. The monoisotopic (exact) mass is 206 g/mol. The standard InChI is InChI=1S/C11H18N4/c1-15(8-9-4-2-3-5-9)10-6-7-13-11(12)14-10/h6-7,9H,2-5,8H2,1H3,(H2,12,13,14). The molecular formula is C11H18N4. The van der Waals surface area contributed by atoms with Gasteiger partial charge in [-0.2, -0.15) is 4.98 Å². The number of hydrogen-bond acceptors (Lipinski definition) is 4. The van der Waals surface area contributed by atoms with E-state index < -0.39 is 0 Å². The molecule has 0 aromatic carbocycles. The minimum absolute atomic E-state index is 0.353. The van der Waals surface area contributed by atoms with Crippen molar-refractivity contribution in [2.45, 2.75) is 25.7 Å². The van der Waals surface area contributed by atoms with Crippen LogP contribution >= 0.6 is 0 Å². The fraction of sp³-hybridized carbons (Fsp3) is 0.636. The summed E-state index contributed by atoms with van der Waals surface area (Å²) in [7, 11) is 2.07. The predicted molar refractivity (Wildman–Crippen MR) is 61.7 cm³/mol. The van der Waals surface area contributed by atoms with E-state index in [4.69, 9.17) is 5.73 Å². The van der Waals surface area contributed by atoms with Crippen LogP contribution in [0.3, 0.4) is 0 Å². The Morgan fingerprint density at radius 2 is 2.20 bits per heavy atom. The maximum Gasteiger partial charge on any atom is 0.221 e. The lowest BCUT2D eigenvalue weighted by Gasteiger charge is -2.21. The van der Waals surface area contributed by atoms with Crippen LogP contribution in [0.2, 0.25) is 0 Å². The molecule has 0 spiro atoms. The van der Waals surface area contributed by atoms with E-state index in [1.54, 1.807) is 6.20 Å². The van der Waals surface area contributed by atoms with E-state index in [0.29, 0.717) is 5.95 Å². The number of anilines is 2. The van der Waals surface area contributed by atoms with E-state index in [2.05, 4.69) is 21.9 Å². The summed E-state index contributed by atoms with van der Waals surface area (Å²) in [4.78, 5) is 10.3. The second-order valence-corrected chi connectivity index (χ2v) is 4.30. The summed E-state index contributed by atoms with van der Waals surface area (Å²) in [5, 5.41) is 0. The quantitative estimate of drug-likeness (QED) is 0.817. The number of nitrogens with zero attached hydrogens (tertiary/aromatic N) is 3. The average molecular weight is 206 g/mol. The van der Waals surface area contributed by atoms with Crippen molar-refractivity contribution in [2.24, 2.45) is 5.92 Å². The zero-order valence-electron chi connectivity index (χ0n) is 9.19. The molecule has 2 N–H and O–H groups in total. The second-order valence-electron chi connectivity index (χ2n) is 4.30. The van der Waals surface area contributed by atoms with Crippen LogP contribution in [-0.2, 0) is 0 Å². The molecule has 1 aromatic heterocycles. The molecule has 4 heteroatoms. The Bertz CT molecular complexity index is 320. The van der Waals surface area contributed by atoms with Crippen LogP contribution in [-0.4, -0.2) is 23.6 Å². The Labute approximate surface area is 90.5 Å². The molecular weight excluding hydrogens is 188 g/mol. The van der Waals surface area contributed by atoms with Gasteiger partial charge in [0.05, 0.1) is 0 Å². The van der Waals surface area contributed by atoms with Crippen molar-refractivity contribution < 1.29 is 0 Å².